The average Bonchev–Trinajstić information content (AvgIpc) is 2.67. The summed E-state index contributed by atoms with van der Waals surface area (Å²) in [7, 11) is 0. The Labute approximate surface area is 110 Å². The van der Waals surface area contributed by atoms with Crippen LogP contribution in [0.15, 0.2) is 15.9 Å². The Bertz CT molecular complexity index is 349. The summed E-state index contributed by atoms with van der Waals surface area (Å²) in [6.45, 7) is 4.64. The molecule has 0 aromatic carbocycles. The first-order valence-electron chi connectivity index (χ1n) is 6.00. The molecule has 0 bridgehead atoms. The topological polar surface area (TPSA) is 20.2 Å². The summed E-state index contributed by atoms with van der Waals surface area (Å²) in [6.07, 6.45) is 3.31. The van der Waals surface area contributed by atoms with Crippen molar-refractivity contribution in [2.24, 2.45) is 17.8 Å². The standard InChI is InChI=1S/C13H19BrOS/c1-8-3-4-10(7-9(8)2)12(15)13-11(14)5-6-16-13/h5-6,8-10,12,15H,3-4,7H2,1-2H3. The molecule has 0 radical (unpaired) electrons. The summed E-state index contributed by atoms with van der Waals surface area (Å²) in [6, 6.07) is 2.03. The average molecular weight is 303 g/mol. The number of hydrogen-bond acceptors (Lipinski definition) is 2. The maximum atomic E-state index is 10.4. The summed E-state index contributed by atoms with van der Waals surface area (Å²) in [5, 5.41) is 12.4. The van der Waals surface area contributed by atoms with Crippen LogP contribution in [-0.2, 0) is 0 Å². The number of aliphatic hydroxyl groups excluding tert-OH is 1. The molecular formula is C13H19BrOS. The Balaban J connectivity index is 2.06. The molecule has 0 spiro atoms. The van der Waals surface area contributed by atoms with Gasteiger partial charge in [-0.15, -0.1) is 11.3 Å². The molecule has 4 atom stereocenters. The number of thiophene rings is 1. The minimum absolute atomic E-state index is 0.274. The predicted molar refractivity (Wildman–Crippen MR) is 72.6 cm³/mol. The van der Waals surface area contributed by atoms with Crippen molar-refractivity contribution >= 4 is 27.3 Å². The first-order valence-corrected chi connectivity index (χ1v) is 7.67. The van der Waals surface area contributed by atoms with Gasteiger partial charge in [-0.3, -0.25) is 0 Å². The minimum atomic E-state index is -0.274. The molecule has 0 amide bonds. The highest BCUT2D eigenvalue weighted by Gasteiger charge is 2.31. The van der Waals surface area contributed by atoms with Gasteiger partial charge in [-0.1, -0.05) is 20.3 Å². The van der Waals surface area contributed by atoms with Crippen molar-refractivity contribution < 1.29 is 5.11 Å². The van der Waals surface area contributed by atoms with Crippen molar-refractivity contribution in [3.63, 3.8) is 0 Å². The summed E-state index contributed by atoms with van der Waals surface area (Å²) in [5.41, 5.74) is 0. The zero-order valence-corrected chi connectivity index (χ0v) is 12.2. The van der Waals surface area contributed by atoms with Crippen molar-refractivity contribution in [3.8, 4) is 0 Å². The Morgan fingerprint density at radius 3 is 2.69 bits per heavy atom. The Morgan fingerprint density at radius 2 is 2.12 bits per heavy atom. The van der Waals surface area contributed by atoms with E-state index in [1.54, 1.807) is 11.3 Å². The minimum Gasteiger partial charge on any atom is -0.387 e. The van der Waals surface area contributed by atoms with Gasteiger partial charge < -0.3 is 5.11 Å². The van der Waals surface area contributed by atoms with Crippen LogP contribution in [0.4, 0.5) is 0 Å². The highest BCUT2D eigenvalue weighted by atomic mass is 79.9. The monoisotopic (exact) mass is 302 g/mol. The maximum absolute atomic E-state index is 10.4. The third-order valence-corrected chi connectivity index (χ3v) is 5.94. The molecule has 1 aliphatic rings. The van der Waals surface area contributed by atoms with E-state index in [1.807, 2.05) is 11.4 Å². The SMILES string of the molecule is CC1CCC(C(O)c2sccc2Br)CC1C. The van der Waals surface area contributed by atoms with E-state index in [-0.39, 0.29) is 6.10 Å². The molecule has 1 heterocycles. The molecule has 1 aromatic rings. The van der Waals surface area contributed by atoms with Crippen LogP contribution in [0.25, 0.3) is 0 Å². The van der Waals surface area contributed by atoms with Crippen LogP contribution in [0.3, 0.4) is 0 Å². The van der Waals surface area contributed by atoms with Gasteiger partial charge in [0.1, 0.15) is 0 Å². The highest BCUT2D eigenvalue weighted by Crippen LogP contribution is 2.42. The van der Waals surface area contributed by atoms with Crippen LogP contribution < -0.4 is 0 Å². The fraction of sp³-hybridized carbons (Fsp3) is 0.692. The van der Waals surface area contributed by atoms with Gasteiger partial charge in [0.2, 0.25) is 0 Å². The molecule has 1 fully saturated rings. The smallest absolute Gasteiger partial charge is 0.0921 e. The van der Waals surface area contributed by atoms with Crippen LogP contribution in [-0.4, -0.2) is 5.11 Å². The third-order valence-electron chi connectivity index (χ3n) is 4.00. The van der Waals surface area contributed by atoms with Gasteiger partial charge in [-0.25, -0.2) is 0 Å². The zero-order chi connectivity index (χ0) is 11.7. The van der Waals surface area contributed by atoms with Crippen LogP contribution in [0, 0.1) is 17.8 Å². The largest absolute Gasteiger partial charge is 0.387 e. The van der Waals surface area contributed by atoms with Gasteiger partial charge in [0.05, 0.1) is 6.10 Å². The quantitative estimate of drug-likeness (QED) is 0.845. The Hall–Kier alpha value is 0.140. The lowest BCUT2D eigenvalue weighted by Gasteiger charge is -2.34. The van der Waals surface area contributed by atoms with Crippen molar-refractivity contribution in [1.29, 1.82) is 0 Å². The molecule has 2 rings (SSSR count). The van der Waals surface area contributed by atoms with Crippen molar-refractivity contribution in [2.45, 2.75) is 39.2 Å². The first kappa shape index (κ1) is 12.6. The summed E-state index contributed by atoms with van der Waals surface area (Å²) >= 11 is 5.17. The fourth-order valence-corrected chi connectivity index (χ4v) is 4.29. The molecule has 16 heavy (non-hydrogen) atoms. The molecule has 4 unspecified atom stereocenters. The van der Waals surface area contributed by atoms with Crippen molar-refractivity contribution in [2.75, 3.05) is 0 Å². The number of aliphatic hydroxyl groups is 1. The van der Waals surface area contributed by atoms with Crippen molar-refractivity contribution in [1.82, 2.24) is 0 Å². The molecule has 1 aromatic heterocycles. The second kappa shape index (κ2) is 5.19. The molecular weight excluding hydrogens is 284 g/mol. The molecule has 1 aliphatic carbocycles. The first-order chi connectivity index (χ1) is 7.59. The summed E-state index contributed by atoms with van der Waals surface area (Å²) in [4.78, 5) is 1.10. The van der Waals surface area contributed by atoms with E-state index in [4.69, 9.17) is 0 Å². The van der Waals surface area contributed by atoms with E-state index in [0.717, 1.165) is 34.0 Å². The number of rotatable bonds is 2. The van der Waals surface area contributed by atoms with E-state index in [2.05, 4.69) is 29.8 Å². The Kier molecular flexibility index (Phi) is 4.09. The second-order valence-electron chi connectivity index (χ2n) is 5.11. The fourth-order valence-electron chi connectivity index (χ4n) is 2.61. The van der Waals surface area contributed by atoms with E-state index in [9.17, 15) is 5.11 Å². The van der Waals surface area contributed by atoms with E-state index >= 15 is 0 Å². The van der Waals surface area contributed by atoms with E-state index < -0.39 is 0 Å². The maximum Gasteiger partial charge on any atom is 0.0921 e. The summed E-state index contributed by atoms with van der Waals surface area (Å²) < 4.78 is 1.07. The highest BCUT2D eigenvalue weighted by molar-refractivity contribution is 9.10. The Morgan fingerprint density at radius 1 is 1.38 bits per heavy atom. The zero-order valence-electron chi connectivity index (χ0n) is 9.82. The van der Waals surface area contributed by atoms with Gasteiger partial charge in [0.15, 0.2) is 0 Å². The molecule has 0 saturated heterocycles. The summed E-state index contributed by atoms with van der Waals surface area (Å²) in [5.74, 6) is 2.00. The van der Waals surface area contributed by atoms with Gasteiger partial charge >= 0.3 is 0 Å². The molecule has 1 saturated carbocycles. The van der Waals surface area contributed by atoms with Gasteiger partial charge in [0, 0.05) is 9.35 Å². The molecule has 3 heteroatoms. The van der Waals surface area contributed by atoms with E-state index in [1.165, 1.54) is 6.42 Å². The third kappa shape index (κ3) is 2.52. The lowest BCUT2D eigenvalue weighted by atomic mass is 9.74. The number of hydrogen-bond donors (Lipinski definition) is 1. The van der Waals surface area contributed by atoms with Gasteiger partial charge in [-0.05, 0) is 58.0 Å². The van der Waals surface area contributed by atoms with Crippen molar-refractivity contribution in [3.05, 3.63) is 20.8 Å². The van der Waals surface area contributed by atoms with Crippen LogP contribution in [0.2, 0.25) is 0 Å². The lowest BCUT2D eigenvalue weighted by Crippen LogP contribution is -2.24. The van der Waals surface area contributed by atoms with Gasteiger partial charge in [0.25, 0.3) is 0 Å². The molecule has 0 aliphatic heterocycles. The molecule has 90 valence electrons. The lowest BCUT2D eigenvalue weighted by molar-refractivity contribution is 0.0581. The predicted octanol–water partition coefficient (Wildman–Crippen LogP) is 4.62. The molecule has 1 nitrogen and oxygen atoms in total. The van der Waals surface area contributed by atoms with E-state index in [0.29, 0.717) is 5.92 Å². The van der Waals surface area contributed by atoms with Crippen LogP contribution in [0.1, 0.15) is 44.1 Å². The second-order valence-corrected chi connectivity index (χ2v) is 6.91. The van der Waals surface area contributed by atoms with Crippen LogP contribution >= 0.6 is 27.3 Å². The molecule has 1 N–H and O–H groups in total. The van der Waals surface area contributed by atoms with Crippen LogP contribution in [0.5, 0.6) is 0 Å². The number of halogens is 1. The van der Waals surface area contributed by atoms with Gasteiger partial charge in [-0.2, -0.15) is 0 Å². The normalized spacial score (nSPS) is 32.6.